The van der Waals surface area contributed by atoms with Crippen molar-refractivity contribution in [1.82, 2.24) is 0 Å². The van der Waals surface area contributed by atoms with Crippen LogP contribution in [-0.4, -0.2) is 13.0 Å². The molecule has 4 nitrogen and oxygen atoms in total. The molecule has 23 heavy (non-hydrogen) atoms. The molecule has 1 aromatic heterocycles. The molecule has 4 heteroatoms. The molecule has 0 spiro atoms. The second-order valence-electron chi connectivity index (χ2n) is 6.13. The molecule has 0 aliphatic heterocycles. The van der Waals surface area contributed by atoms with Gasteiger partial charge in [-0.25, -0.2) is 0 Å². The first kappa shape index (κ1) is 15.5. The van der Waals surface area contributed by atoms with E-state index in [1.807, 2.05) is 35.9 Å². The topological polar surface area (TPSA) is 42.2 Å². The number of amides is 1. The highest BCUT2D eigenvalue weighted by atomic mass is 16.5. The van der Waals surface area contributed by atoms with Gasteiger partial charge in [0.2, 0.25) is 6.54 Å². The van der Waals surface area contributed by atoms with Crippen molar-refractivity contribution in [2.75, 3.05) is 12.4 Å². The number of benzene rings is 1. The first-order valence-corrected chi connectivity index (χ1v) is 8.11. The Morgan fingerprint density at radius 3 is 2.78 bits per heavy atom. The maximum atomic E-state index is 12.3. The first-order valence-electron chi connectivity index (χ1n) is 8.11. The number of carbonyl (C=O) groups excluding carboxylic acids is 1. The largest absolute Gasteiger partial charge is 0.495 e. The van der Waals surface area contributed by atoms with Gasteiger partial charge in [0.25, 0.3) is 5.91 Å². The van der Waals surface area contributed by atoms with E-state index in [-0.39, 0.29) is 5.91 Å². The van der Waals surface area contributed by atoms with E-state index in [9.17, 15) is 4.79 Å². The summed E-state index contributed by atoms with van der Waals surface area (Å²) in [5, 5.41) is 2.95. The molecule has 1 N–H and O–H groups in total. The van der Waals surface area contributed by atoms with E-state index in [0.29, 0.717) is 12.3 Å². The van der Waals surface area contributed by atoms with Gasteiger partial charge in [-0.3, -0.25) is 4.79 Å². The lowest BCUT2D eigenvalue weighted by atomic mass is 9.93. The number of hydrogen-bond donors (Lipinski definition) is 1. The third kappa shape index (κ3) is 3.70. The summed E-state index contributed by atoms with van der Waals surface area (Å²) in [4.78, 5) is 12.3. The molecular formula is C19H23N2O2+. The zero-order chi connectivity index (χ0) is 16.2. The number of hydrogen-bond acceptors (Lipinski definition) is 2. The van der Waals surface area contributed by atoms with Crippen LogP contribution in [0.1, 0.15) is 29.5 Å². The van der Waals surface area contributed by atoms with Crippen molar-refractivity contribution in [2.45, 2.75) is 39.2 Å². The molecule has 1 aliphatic carbocycles. The molecule has 0 radical (unpaired) electrons. The van der Waals surface area contributed by atoms with E-state index < -0.39 is 0 Å². The molecule has 0 atom stereocenters. The number of fused-ring (bicyclic) bond motifs is 1. The second-order valence-corrected chi connectivity index (χ2v) is 6.13. The molecule has 1 heterocycles. The lowest BCUT2D eigenvalue weighted by Crippen LogP contribution is -2.40. The molecule has 0 saturated carbocycles. The van der Waals surface area contributed by atoms with Gasteiger partial charge < -0.3 is 10.1 Å². The third-order valence-electron chi connectivity index (χ3n) is 4.30. The lowest BCUT2D eigenvalue weighted by molar-refractivity contribution is -0.684. The summed E-state index contributed by atoms with van der Waals surface area (Å²) < 4.78 is 7.26. The number of carbonyl (C=O) groups is 1. The van der Waals surface area contributed by atoms with Crippen molar-refractivity contribution in [2.24, 2.45) is 0 Å². The fourth-order valence-corrected chi connectivity index (χ4v) is 3.09. The van der Waals surface area contributed by atoms with Gasteiger partial charge in [0.15, 0.2) is 12.4 Å². The average molecular weight is 311 g/mol. The van der Waals surface area contributed by atoms with Crippen LogP contribution in [0, 0.1) is 6.92 Å². The quantitative estimate of drug-likeness (QED) is 0.882. The molecule has 2 aromatic rings. The molecular weight excluding hydrogens is 288 g/mol. The third-order valence-corrected chi connectivity index (χ3v) is 4.30. The summed E-state index contributed by atoms with van der Waals surface area (Å²) in [5.74, 6) is 0.633. The van der Waals surface area contributed by atoms with Gasteiger partial charge >= 0.3 is 0 Å². The van der Waals surface area contributed by atoms with Crippen LogP contribution in [0.25, 0.3) is 0 Å². The molecule has 120 valence electrons. The average Bonchev–Trinajstić information content (AvgIpc) is 2.55. The summed E-state index contributed by atoms with van der Waals surface area (Å²) in [6.45, 7) is 2.30. The highest BCUT2D eigenvalue weighted by Crippen LogP contribution is 2.25. The van der Waals surface area contributed by atoms with E-state index in [4.69, 9.17) is 4.74 Å². The van der Waals surface area contributed by atoms with Crippen LogP contribution in [0.2, 0.25) is 0 Å². The van der Waals surface area contributed by atoms with Crippen LogP contribution in [0.3, 0.4) is 0 Å². The van der Waals surface area contributed by atoms with Crippen molar-refractivity contribution in [1.29, 1.82) is 0 Å². The van der Waals surface area contributed by atoms with Crippen LogP contribution < -0.4 is 14.6 Å². The van der Waals surface area contributed by atoms with Gasteiger partial charge in [0.05, 0.1) is 12.8 Å². The van der Waals surface area contributed by atoms with Gasteiger partial charge in [0.1, 0.15) is 5.75 Å². The van der Waals surface area contributed by atoms with Crippen molar-refractivity contribution >= 4 is 11.6 Å². The number of nitrogens with one attached hydrogen (secondary N) is 1. The summed E-state index contributed by atoms with van der Waals surface area (Å²) in [6.07, 6.45) is 8.89. The summed E-state index contributed by atoms with van der Waals surface area (Å²) in [7, 11) is 1.61. The Kier molecular flexibility index (Phi) is 4.60. The van der Waals surface area contributed by atoms with Gasteiger partial charge in [-0.1, -0.05) is 6.07 Å². The Hall–Kier alpha value is -2.36. The maximum Gasteiger partial charge on any atom is 0.290 e. The van der Waals surface area contributed by atoms with E-state index in [0.717, 1.165) is 24.1 Å². The van der Waals surface area contributed by atoms with Crippen LogP contribution in [0.15, 0.2) is 36.7 Å². The molecule has 3 rings (SSSR count). The summed E-state index contributed by atoms with van der Waals surface area (Å²) >= 11 is 0. The van der Waals surface area contributed by atoms with E-state index >= 15 is 0 Å². The smallest absolute Gasteiger partial charge is 0.290 e. The predicted octanol–water partition coefficient (Wildman–Crippen LogP) is 2.81. The van der Waals surface area contributed by atoms with Gasteiger partial charge in [-0.05, 0) is 55.9 Å². The zero-order valence-corrected chi connectivity index (χ0v) is 13.8. The van der Waals surface area contributed by atoms with E-state index in [1.54, 1.807) is 7.11 Å². The number of aromatic nitrogens is 1. The molecule has 1 amide bonds. The van der Waals surface area contributed by atoms with Crippen LogP contribution in [0.5, 0.6) is 5.75 Å². The SMILES string of the molecule is COc1ccc(C)cc1NC(=O)C[n+]1ccc2c(c1)CCCC2. The minimum atomic E-state index is -0.0466. The van der Waals surface area contributed by atoms with E-state index in [2.05, 4.69) is 17.6 Å². The van der Waals surface area contributed by atoms with Gasteiger partial charge in [-0.15, -0.1) is 0 Å². The molecule has 1 aromatic carbocycles. The zero-order valence-electron chi connectivity index (χ0n) is 13.8. The van der Waals surface area contributed by atoms with Crippen molar-refractivity contribution in [3.05, 3.63) is 53.3 Å². The number of rotatable bonds is 4. The Bertz CT molecular complexity index is 725. The van der Waals surface area contributed by atoms with Crippen molar-refractivity contribution < 1.29 is 14.1 Å². The number of anilines is 1. The second kappa shape index (κ2) is 6.82. The fraction of sp³-hybridized carbons (Fsp3) is 0.368. The number of methoxy groups -OCH3 is 1. The maximum absolute atomic E-state index is 12.3. The van der Waals surface area contributed by atoms with Crippen LogP contribution in [0.4, 0.5) is 5.69 Å². The predicted molar refractivity (Wildman–Crippen MR) is 89.6 cm³/mol. The first-order chi connectivity index (χ1) is 11.2. The highest BCUT2D eigenvalue weighted by Gasteiger charge is 2.16. The van der Waals surface area contributed by atoms with Crippen LogP contribution in [-0.2, 0) is 24.2 Å². The Labute approximate surface area is 137 Å². The number of nitrogens with zero attached hydrogens (tertiary/aromatic N) is 1. The number of aryl methyl sites for hydroxylation is 3. The normalized spacial score (nSPS) is 13.3. The molecule has 1 aliphatic rings. The Balaban J connectivity index is 1.71. The van der Waals surface area contributed by atoms with Gasteiger partial charge in [0, 0.05) is 11.6 Å². The summed E-state index contributed by atoms with van der Waals surface area (Å²) in [6, 6.07) is 7.91. The van der Waals surface area contributed by atoms with E-state index in [1.165, 1.54) is 24.0 Å². The standard InChI is InChI=1S/C19H22N2O2/c1-14-7-8-18(23-2)17(11-14)20-19(22)13-21-10-9-15-5-3-4-6-16(15)12-21/h7-12H,3-6,13H2,1-2H3/p+1. The van der Waals surface area contributed by atoms with Gasteiger partial charge in [-0.2, -0.15) is 4.57 Å². The molecule has 0 saturated heterocycles. The Morgan fingerprint density at radius 1 is 1.22 bits per heavy atom. The van der Waals surface area contributed by atoms with Crippen LogP contribution >= 0.6 is 0 Å². The van der Waals surface area contributed by atoms with Crippen molar-refractivity contribution in [3.63, 3.8) is 0 Å². The number of ether oxygens (including phenoxy) is 1. The fourth-order valence-electron chi connectivity index (χ4n) is 3.09. The number of pyridine rings is 1. The minimum Gasteiger partial charge on any atom is -0.495 e. The molecule has 0 bridgehead atoms. The highest BCUT2D eigenvalue weighted by molar-refractivity contribution is 5.91. The minimum absolute atomic E-state index is 0.0466. The summed E-state index contributed by atoms with van der Waals surface area (Å²) in [5.41, 5.74) is 4.60. The molecule has 0 unspecified atom stereocenters. The Morgan fingerprint density at radius 2 is 2.00 bits per heavy atom. The molecule has 0 fully saturated rings. The monoisotopic (exact) mass is 311 g/mol. The lowest BCUT2D eigenvalue weighted by Gasteiger charge is -2.13. The van der Waals surface area contributed by atoms with Crippen molar-refractivity contribution in [3.8, 4) is 5.75 Å².